The van der Waals surface area contributed by atoms with Gasteiger partial charge in [0.25, 0.3) is 0 Å². The van der Waals surface area contributed by atoms with Crippen molar-refractivity contribution >= 4 is 21.8 Å². The standard InChI is InChI=1S/C26H28N2O/c29-26(21-9-2-1-3-10-21)15-19-27(20-16-26)17-8-18-28-24-13-6-4-11-22(24)23-12-5-7-14-25(23)28/h1-7,9-14,29H,8,15-20H2. The van der Waals surface area contributed by atoms with Gasteiger partial charge in [-0.1, -0.05) is 66.7 Å². The molecule has 5 rings (SSSR count). The van der Waals surface area contributed by atoms with Crippen LogP contribution in [-0.2, 0) is 12.1 Å². The van der Waals surface area contributed by atoms with Gasteiger partial charge in [-0.3, -0.25) is 0 Å². The number of fused-ring (bicyclic) bond motifs is 3. The lowest BCUT2D eigenvalue weighted by Gasteiger charge is -2.38. The fourth-order valence-electron chi connectivity index (χ4n) is 4.88. The Labute approximate surface area is 172 Å². The van der Waals surface area contributed by atoms with Crippen LogP contribution in [0.2, 0.25) is 0 Å². The Kier molecular flexibility index (Phi) is 4.86. The van der Waals surface area contributed by atoms with Crippen molar-refractivity contribution in [1.82, 2.24) is 9.47 Å². The molecule has 0 unspecified atom stereocenters. The molecule has 1 fully saturated rings. The van der Waals surface area contributed by atoms with Crippen molar-refractivity contribution in [2.45, 2.75) is 31.4 Å². The van der Waals surface area contributed by atoms with Gasteiger partial charge in [-0.05, 0) is 43.5 Å². The lowest BCUT2D eigenvalue weighted by atomic mass is 9.84. The van der Waals surface area contributed by atoms with Crippen molar-refractivity contribution in [1.29, 1.82) is 0 Å². The van der Waals surface area contributed by atoms with Crippen LogP contribution in [0.3, 0.4) is 0 Å². The van der Waals surface area contributed by atoms with Crippen LogP contribution < -0.4 is 0 Å². The summed E-state index contributed by atoms with van der Waals surface area (Å²) in [5.74, 6) is 0. The van der Waals surface area contributed by atoms with Crippen LogP contribution >= 0.6 is 0 Å². The Hall–Kier alpha value is -2.62. The van der Waals surface area contributed by atoms with Crippen molar-refractivity contribution in [3.8, 4) is 0 Å². The van der Waals surface area contributed by atoms with E-state index in [1.165, 1.54) is 21.8 Å². The zero-order valence-electron chi connectivity index (χ0n) is 16.8. The summed E-state index contributed by atoms with van der Waals surface area (Å²) in [5.41, 5.74) is 3.05. The van der Waals surface area contributed by atoms with Gasteiger partial charge >= 0.3 is 0 Å². The lowest BCUT2D eigenvalue weighted by Crippen LogP contribution is -2.43. The molecule has 1 saturated heterocycles. The van der Waals surface area contributed by atoms with Crippen LogP contribution in [0, 0.1) is 0 Å². The average Bonchev–Trinajstić information content (AvgIpc) is 3.10. The normalized spacial score (nSPS) is 17.1. The molecule has 29 heavy (non-hydrogen) atoms. The average molecular weight is 385 g/mol. The van der Waals surface area contributed by atoms with Gasteiger partial charge in [0.1, 0.15) is 0 Å². The second kappa shape index (κ2) is 7.66. The van der Waals surface area contributed by atoms with Crippen molar-refractivity contribution in [2.75, 3.05) is 19.6 Å². The van der Waals surface area contributed by atoms with E-state index in [0.717, 1.165) is 51.0 Å². The predicted octanol–water partition coefficient (Wildman–Crippen LogP) is 5.17. The highest BCUT2D eigenvalue weighted by atomic mass is 16.3. The minimum absolute atomic E-state index is 0.662. The first-order valence-corrected chi connectivity index (χ1v) is 10.7. The van der Waals surface area contributed by atoms with E-state index in [1.54, 1.807) is 0 Å². The second-order valence-electron chi connectivity index (χ2n) is 8.28. The summed E-state index contributed by atoms with van der Waals surface area (Å²) in [4.78, 5) is 2.51. The SMILES string of the molecule is OC1(c2ccccc2)CCN(CCCn2c3ccccc3c3ccccc32)CC1. The van der Waals surface area contributed by atoms with Crippen LogP contribution in [0.5, 0.6) is 0 Å². The minimum atomic E-state index is -0.662. The Bertz CT molecular complexity index is 1050. The third kappa shape index (κ3) is 3.45. The van der Waals surface area contributed by atoms with E-state index in [9.17, 15) is 5.11 Å². The summed E-state index contributed by atoms with van der Waals surface area (Å²) >= 11 is 0. The molecule has 1 N–H and O–H groups in total. The Morgan fingerprint density at radius 2 is 1.24 bits per heavy atom. The number of nitrogens with zero attached hydrogens (tertiary/aromatic N) is 2. The second-order valence-corrected chi connectivity index (χ2v) is 8.28. The van der Waals surface area contributed by atoms with E-state index < -0.39 is 5.60 Å². The van der Waals surface area contributed by atoms with E-state index in [1.807, 2.05) is 18.2 Å². The number of rotatable bonds is 5. The van der Waals surface area contributed by atoms with E-state index in [2.05, 4.69) is 70.1 Å². The largest absolute Gasteiger partial charge is 0.385 e. The summed E-state index contributed by atoms with van der Waals surface area (Å²) in [6, 6.07) is 27.6. The maximum atomic E-state index is 11.0. The number of benzene rings is 3. The van der Waals surface area contributed by atoms with Crippen molar-refractivity contribution in [3.63, 3.8) is 0 Å². The van der Waals surface area contributed by atoms with Crippen molar-refractivity contribution in [3.05, 3.63) is 84.4 Å². The predicted molar refractivity (Wildman–Crippen MR) is 120 cm³/mol. The summed E-state index contributed by atoms with van der Waals surface area (Å²) in [6.45, 7) is 4.01. The molecule has 2 heterocycles. The summed E-state index contributed by atoms with van der Waals surface area (Å²) in [6.07, 6.45) is 2.74. The van der Waals surface area contributed by atoms with Gasteiger partial charge in [-0.25, -0.2) is 0 Å². The number of aryl methyl sites for hydroxylation is 1. The molecule has 3 nitrogen and oxygen atoms in total. The fourth-order valence-corrected chi connectivity index (χ4v) is 4.88. The monoisotopic (exact) mass is 384 g/mol. The maximum absolute atomic E-state index is 11.0. The number of piperidine rings is 1. The minimum Gasteiger partial charge on any atom is -0.385 e. The number of hydrogen-bond acceptors (Lipinski definition) is 2. The number of likely N-dealkylation sites (tertiary alicyclic amines) is 1. The Balaban J connectivity index is 1.25. The highest BCUT2D eigenvalue weighted by molar-refractivity contribution is 6.07. The fraction of sp³-hybridized carbons (Fsp3) is 0.308. The third-order valence-electron chi connectivity index (χ3n) is 6.53. The van der Waals surface area contributed by atoms with Gasteiger partial charge in [0.15, 0.2) is 0 Å². The van der Waals surface area contributed by atoms with Crippen molar-refractivity contribution < 1.29 is 5.11 Å². The molecule has 0 radical (unpaired) electrons. The molecule has 0 saturated carbocycles. The molecule has 3 heteroatoms. The quantitative estimate of drug-likeness (QED) is 0.514. The molecule has 148 valence electrons. The van der Waals surface area contributed by atoms with Crippen molar-refractivity contribution in [2.24, 2.45) is 0 Å². The zero-order valence-corrected chi connectivity index (χ0v) is 16.8. The molecule has 1 aromatic heterocycles. The molecule has 4 aromatic rings. The molecule has 0 atom stereocenters. The molecule has 1 aliphatic heterocycles. The first-order valence-electron chi connectivity index (χ1n) is 10.7. The number of aromatic nitrogens is 1. The van der Waals surface area contributed by atoms with E-state index in [0.29, 0.717) is 0 Å². The van der Waals surface area contributed by atoms with E-state index in [-0.39, 0.29) is 0 Å². The molecule has 0 amide bonds. The van der Waals surface area contributed by atoms with Gasteiger partial charge in [0.2, 0.25) is 0 Å². The summed E-state index contributed by atoms with van der Waals surface area (Å²) < 4.78 is 2.47. The molecule has 1 aliphatic rings. The van der Waals surface area contributed by atoms with Crippen LogP contribution in [0.1, 0.15) is 24.8 Å². The summed E-state index contributed by atoms with van der Waals surface area (Å²) in [7, 11) is 0. The van der Waals surface area contributed by atoms with Crippen LogP contribution in [0.15, 0.2) is 78.9 Å². The Morgan fingerprint density at radius 3 is 1.86 bits per heavy atom. The number of hydrogen-bond donors (Lipinski definition) is 1. The zero-order chi connectivity index (χ0) is 19.7. The highest BCUT2D eigenvalue weighted by Crippen LogP contribution is 2.33. The molecular weight excluding hydrogens is 356 g/mol. The van der Waals surface area contributed by atoms with E-state index in [4.69, 9.17) is 0 Å². The number of para-hydroxylation sites is 2. The molecule has 0 spiro atoms. The van der Waals surface area contributed by atoms with Crippen LogP contribution in [-0.4, -0.2) is 34.2 Å². The third-order valence-corrected chi connectivity index (χ3v) is 6.53. The number of aliphatic hydroxyl groups is 1. The van der Waals surface area contributed by atoms with Gasteiger partial charge in [0.05, 0.1) is 5.60 Å². The van der Waals surface area contributed by atoms with Gasteiger partial charge < -0.3 is 14.6 Å². The lowest BCUT2D eigenvalue weighted by molar-refractivity contribution is -0.0261. The molecule has 0 aliphatic carbocycles. The van der Waals surface area contributed by atoms with Gasteiger partial charge in [-0.15, -0.1) is 0 Å². The van der Waals surface area contributed by atoms with Crippen LogP contribution in [0.4, 0.5) is 0 Å². The van der Waals surface area contributed by atoms with Crippen LogP contribution in [0.25, 0.3) is 21.8 Å². The molecular formula is C26H28N2O. The molecule has 3 aromatic carbocycles. The smallest absolute Gasteiger partial charge is 0.0920 e. The van der Waals surface area contributed by atoms with Gasteiger partial charge in [0, 0.05) is 41.4 Å². The topological polar surface area (TPSA) is 28.4 Å². The Morgan fingerprint density at radius 1 is 0.690 bits per heavy atom. The maximum Gasteiger partial charge on any atom is 0.0920 e. The first-order chi connectivity index (χ1) is 14.2. The molecule has 0 bridgehead atoms. The van der Waals surface area contributed by atoms with E-state index >= 15 is 0 Å². The van der Waals surface area contributed by atoms with Gasteiger partial charge in [-0.2, -0.15) is 0 Å². The summed E-state index contributed by atoms with van der Waals surface area (Å²) in [5, 5.41) is 13.7. The first kappa shape index (κ1) is 18.4. The highest BCUT2D eigenvalue weighted by Gasteiger charge is 2.33.